The van der Waals surface area contributed by atoms with Gasteiger partial charge >= 0.3 is 5.69 Å². The van der Waals surface area contributed by atoms with Crippen molar-refractivity contribution in [3.05, 3.63) is 34.7 Å². The molecule has 0 fully saturated rings. The van der Waals surface area contributed by atoms with Crippen LogP contribution in [0.25, 0.3) is 11.0 Å². The summed E-state index contributed by atoms with van der Waals surface area (Å²) in [6.07, 6.45) is -0.520. The first-order chi connectivity index (χ1) is 7.11. The lowest BCUT2D eigenvalue weighted by molar-refractivity contribution is 0.173. The summed E-state index contributed by atoms with van der Waals surface area (Å²) in [7, 11) is 1.74. The Morgan fingerprint density at radius 1 is 1.33 bits per heavy atom. The Kier molecular flexibility index (Phi) is 2.36. The maximum Gasteiger partial charge on any atom is 0.328 e. The minimum absolute atomic E-state index is 0.0860. The number of aliphatic hydroxyl groups is 1. The van der Waals surface area contributed by atoms with Gasteiger partial charge in [0.1, 0.15) is 0 Å². The lowest BCUT2D eigenvalue weighted by Gasteiger charge is -2.04. The molecule has 80 valence electrons. The van der Waals surface area contributed by atoms with Crippen molar-refractivity contribution in [1.29, 1.82) is 0 Å². The highest BCUT2D eigenvalue weighted by Gasteiger charge is 2.10. The highest BCUT2D eigenvalue weighted by Crippen LogP contribution is 2.11. The number of nitrogens with zero attached hydrogens (tertiary/aromatic N) is 2. The minimum Gasteiger partial charge on any atom is -0.392 e. The Labute approximate surface area is 87.4 Å². The molecular weight excluding hydrogens is 192 g/mol. The van der Waals surface area contributed by atoms with Crippen LogP contribution in [0.15, 0.2) is 29.1 Å². The van der Waals surface area contributed by atoms with E-state index in [1.165, 1.54) is 0 Å². The van der Waals surface area contributed by atoms with Crippen LogP contribution in [0.4, 0.5) is 0 Å². The molecular formula is C11H14N2O2. The Hall–Kier alpha value is -1.55. The van der Waals surface area contributed by atoms with E-state index in [-0.39, 0.29) is 5.69 Å². The molecule has 0 aliphatic heterocycles. The Morgan fingerprint density at radius 3 is 2.53 bits per heavy atom. The van der Waals surface area contributed by atoms with Crippen LogP contribution >= 0.6 is 0 Å². The van der Waals surface area contributed by atoms with Crippen LogP contribution in [0.2, 0.25) is 0 Å². The molecule has 0 spiro atoms. The van der Waals surface area contributed by atoms with E-state index in [0.717, 1.165) is 11.0 Å². The van der Waals surface area contributed by atoms with E-state index in [4.69, 9.17) is 0 Å². The predicted molar refractivity (Wildman–Crippen MR) is 58.9 cm³/mol. The minimum atomic E-state index is -0.520. The van der Waals surface area contributed by atoms with Crippen LogP contribution in [-0.4, -0.2) is 20.3 Å². The quantitative estimate of drug-likeness (QED) is 0.787. The van der Waals surface area contributed by atoms with Crippen molar-refractivity contribution < 1.29 is 5.11 Å². The number of aliphatic hydroxyl groups excluding tert-OH is 1. The van der Waals surface area contributed by atoms with Gasteiger partial charge in [0.25, 0.3) is 0 Å². The number of rotatable bonds is 2. The average molecular weight is 206 g/mol. The summed E-state index contributed by atoms with van der Waals surface area (Å²) in [6, 6.07) is 7.57. The number of aromatic nitrogens is 2. The Balaban J connectivity index is 2.72. The van der Waals surface area contributed by atoms with Gasteiger partial charge in [-0.05, 0) is 19.1 Å². The number of aryl methyl sites for hydroxylation is 1. The maximum absolute atomic E-state index is 11.8. The fourth-order valence-electron chi connectivity index (χ4n) is 1.80. The standard InChI is InChI=1S/C11H14N2O2/c1-8(14)7-13-10-6-4-3-5-9(10)12(2)11(13)15/h3-6,8,14H,7H2,1-2H3. The number of benzene rings is 1. The van der Waals surface area contributed by atoms with E-state index in [0.29, 0.717) is 6.54 Å². The molecule has 0 radical (unpaired) electrons. The van der Waals surface area contributed by atoms with Crippen LogP contribution in [0.5, 0.6) is 0 Å². The first kappa shape index (κ1) is 9.98. The molecule has 2 rings (SSSR count). The summed E-state index contributed by atoms with van der Waals surface area (Å²) in [5, 5.41) is 9.33. The van der Waals surface area contributed by atoms with Gasteiger partial charge < -0.3 is 5.11 Å². The summed E-state index contributed by atoms with van der Waals surface area (Å²) < 4.78 is 3.19. The SMILES string of the molecule is CC(O)Cn1c(=O)n(C)c2ccccc21. The molecule has 1 aromatic heterocycles. The van der Waals surface area contributed by atoms with Crippen molar-refractivity contribution in [3.8, 4) is 0 Å². The number of imidazole rings is 1. The van der Waals surface area contributed by atoms with E-state index in [9.17, 15) is 9.90 Å². The summed E-state index contributed by atoms with van der Waals surface area (Å²) in [5.74, 6) is 0. The number of hydrogen-bond donors (Lipinski definition) is 1. The third kappa shape index (κ3) is 1.57. The number of para-hydroxylation sites is 2. The zero-order chi connectivity index (χ0) is 11.0. The third-order valence-corrected chi connectivity index (χ3v) is 2.50. The average Bonchev–Trinajstić information content (AvgIpc) is 2.44. The van der Waals surface area contributed by atoms with Crippen LogP contribution in [-0.2, 0) is 13.6 Å². The number of fused-ring (bicyclic) bond motifs is 1. The molecule has 0 aliphatic carbocycles. The van der Waals surface area contributed by atoms with E-state index in [1.54, 1.807) is 23.1 Å². The highest BCUT2D eigenvalue weighted by atomic mass is 16.3. The van der Waals surface area contributed by atoms with E-state index in [2.05, 4.69) is 0 Å². The van der Waals surface area contributed by atoms with E-state index in [1.807, 2.05) is 24.3 Å². The molecule has 0 saturated heterocycles. The van der Waals surface area contributed by atoms with Crippen molar-refractivity contribution in [1.82, 2.24) is 9.13 Å². The lowest BCUT2D eigenvalue weighted by Crippen LogP contribution is -2.26. The lowest BCUT2D eigenvalue weighted by atomic mass is 10.3. The fraction of sp³-hybridized carbons (Fsp3) is 0.364. The Bertz CT molecular complexity index is 537. The van der Waals surface area contributed by atoms with E-state index >= 15 is 0 Å². The second kappa shape index (κ2) is 3.55. The topological polar surface area (TPSA) is 47.2 Å². The molecule has 1 aromatic carbocycles. The zero-order valence-electron chi connectivity index (χ0n) is 8.84. The molecule has 4 nitrogen and oxygen atoms in total. The van der Waals surface area contributed by atoms with Gasteiger partial charge in [0.2, 0.25) is 0 Å². The summed E-state index contributed by atoms with van der Waals surface area (Å²) in [4.78, 5) is 11.8. The van der Waals surface area contributed by atoms with Crippen molar-refractivity contribution in [2.75, 3.05) is 0 Å². The molecule has 15 heavy (non-hydrogen) atoms. The normalized spacial score (nSPS) is 13.3. The van der Waals surface area contributed by atoms with Gasteiger partial charge in [-0.1, -0.05) is 12.1 Å². The molecule has 1 heterocycles. The summed E-state index contributed by atoms with van der Waals surface area (Å²) in [6.45, 7) is 2.01. The molecule has 0 amide bonds. The first-order valence-corrected chi connectivity index (χ1v) is 4.93. The van der Waals surface area contributed by atoms with Gasteiger partial charge in [0.05, 0.1) is 23.7 Å². The fourth-order valence-corrected chi connectivity index (χ4v) is 1.80. The van der Waals surface area contributed by atoms with Crippen LogP contribution in [0.1, 0.15) is 6.92 Å². The summed E-state index contributed by atoms with van der Waals surface area (Å²) >= 11 is 0. The molecule has 0 aliphatic rings. The molecule has 0 saturated carbocycles. The van der Waals surface area contributed by atoms with Gasteiger partial charge in [-0.3, -0.25) is 9.13 Å². The monoisotopic (exact) mass is 206 g/mol. The smallest absolute Gasteiger partial charge is 0.328 e. The van der Waals surface area contributed by atoms with Gasteiger partial charge in [0, 0.05) is 7.05 Å². The van der Waals surface area contributed by atoms with Gasteiger partial charge in [-0.2, -0.15) is 0 Å². The molecule has 1 unspecified atom stereocenters. The molecule has 2 aromatic rings. The Morgan fingerprint density at radius 2 is 1.93 bits per heavy atom. The third-order valence-electron chi connectivity index (χ3n) is 2.50. The van der Waals surface area contributed by atoms with Crippen molar-refractivity contribution in [2.45, 2.75) is 19.6 Å². The van der Waals surface area contributed by atoms with Gasteiger partial charge in [0.15, 0.2) is 0 Å². The zero-order valence-corrected chi connectivity index (χ0v) is 8.84. The largest absolute Gasteiger partial charge is 0.392 e. The van der Waals surface area contributed by atoms with Crippen molar-refractivity contribution in [3.63, 3.8) is 0 Å². The highest BCUT2D eigenvalue weighted by molar-refractivity contribution is 5.75. The van der Waals surface area contributed by atoms with E-state index < -0.39 is 6.10 Å². The van der Waals surface area contributed by atoms with Gasteiger partial charge in [-0.25, -0.2) is 4.79 Å². The molecule has 1 atom stereocenters. The van der Waals surface area contributed by atoms with Crippen LogP contribution in [0, 0.1) is 0 Å². The second-order valence-electron chi connectivity index (χ2n) is 3.79. The molecule has 0 bridgehead atoms. The summed E-state index contributed by atoms with van der Waals surface area (Å²) in [5.41, 5.74) is 1.67. The second-order valence-corrected chi connectivity index (χ2v) is 3.79. The van der Waals surface area contributed by atoms with Gasteiger partial charge in [-0.15, -0.1) is 0 Å². The maximum atomic E-state index is 11.8. The van der Waals surface area contributed by atoms with Crippen LogP contribution in [0.3, 0.4) is 0 Å². The number of hydrogen-bond acceptors (Lipinski definition) is 2. The predicted octanol–water partition coefficient (Wildman–Crippen LogP) is 0.721. The molecule has 4 heteroatoms. The van der Waals surface area contributed by atoms with Crippen molar-refractivity contribution in [2.24, 2.45) is 7.05 Å². The molecule has 1 N–H and O–H groups in total. The first-order valence-electron chi connectivity index (χ1n) is 4.93. The van der Waals surface area contributed by atoms with Crippen LogP contribution < -0.4 is 5.69 Å². The van der Waals surface area contributed by atoms with Crippen molar-refractivity contribution >= 4 is 11.0 Å².